The van der Waals surface area contributed by atoms with Crippen LogP contribution in [-0.4, -0.2) is 29.0 Å². The molecule has 4 N–H and O–H groups in total. The van der Waals surface area contributed by atoms with Gasteiger partial charge in [0.2, 0.25) is 0 Å². The number of hydrogen-bond donors (Lipinski definition) is 3. The van der Waals surface area contributed by atoms with Crippen molar-refractivity contribution in [3.63, 3.8) is 0 Å². The van der Waals surface area contributed by atoms with Crippen LogP contribution < -0.4 is 5.73 Å². The summed E-state index contributed by atoms with van der Waals surface area (Å²) in [5.74, 6) is 0. The van der Waals surface area contributed by atoms with Crippen molar-refractivity contribution in [2.24, 2.45) is 5.73 Å². The van der Waals surface area contributed by atoms with Gasteiger partial charge in [0.1, 0.15) is 0 Å². The van der Waals surface area contributed by atoms with E-state index in [1.165, 1.54) is 70.6 Å². The molecule has 0 bridgehead atoms. The van der Waals surface area contributed by atoms with E-state index in [0.717, 1.165) is 6.42 Å². The van der Waals surface area contributed by atoms with E-state index in [1.807, 2.05) is 6.08 Å². The van der Waals surface area contributed by atoms with Gasteiger partial charge in [0.25, 0.3) is 0 Å². The van der Waals surface area contributed by atoms with Crippen molar-refractivity contribution in [2.75, 3.05) is 6.61 Å². The molecule has 0 amide bonds. The summed E-state index contributed by atoms with van der Waals surface area (Å²) in [6, 6.07) is -0.557. The first-order valence-electron chi connectivity index (χ1n) is 8.93. The highest BCUT2D eigenvalue weighted by Gasteiger charge is 2.08. The van der Waals surface area contributed by atoms with Gasteiger partial charge in [-0.15, -0.1) is 0 Å². The average molecular weight is 299 g/mol. The maximum Gasteiger partial charge on any atom is 0.0894 e. The number of aliphatic hydroxyl groups excluding tert-OH is 2. The molecule has 0 aliphatic rings. The molecule has 2 atom stereocenters. The minimum Gasteiger partial charge on any atom is -0.395 e. The predicted molar refractivity (Wildman–Crippen MR) is 91.3 cm³/mol. The summed E-state index contributed by atoms with van der Waals surface area (Å²) < 4.78 is 0. The Hall–Kier alpha value is -0.380. The fourth-order valence-corrected chi connectivity index (χ4v) is 2.41. The van der Waals surface area contributed by atoms with Crippen LogP contribution in [0.15, 0.2) is 12.2 Å². The van der Waals surface area contributed by atoms with E-state index in [1.54, 1.807) is 6.08 Å². The van der Waals surface area contributed by atoms with E-state index in [4.69, 9.17) is 10.8 Å². The maximum absolute atomic E-state index is 9.52. The van der Waals surface area contributed by atoms with Gasteiger partial charge in [-0.2, -0.15) is 0 Å². The first-order chi connectivity index (χ1) is 10.2. The normalized spacial score (nSPS) is 14.7. The van der Waals surface area contributed by atoms with Gasteiger partial charge in [0.15, 0.2) is 0 Å². The lowest BCUT2D eigenvalue weighted by molar-refractivity contribution is 0.144. The van der Waals surface area contributed by atoms with Gasteiger partial charge in [-0.25, -0.2) is 0 Å². The number of nitrogens with two attached hydrogens (primary N) is 1. The van der Waals surface area contributed by atoms with Gasteiger partial charge in [-0.1, -0.05) is 83.3 Å². The highest BCUT2D eigenvalue weighted by molar-refractivity contribution is 4.93. The zero-order chi connectivity index (χ0) is 15.8. The summed E-state index contributed by atoms with van der Waals surface area (Å²) in [6.45, 7) is 2.08. The lowest BCUT2D eigenvalue weighted by Crippen LogP contribution is -2.36. The third kappa shape index (κ3) is 14.3. The number of aliphatic hydroxyl groups is 2. The molecule has 0 saturated carbocycles. The monoisotopic (exact) mass is 299 g/mol. The predicted octanol–water partition coefficient (Wildman–Crippen LogP) is 3.92. The lowest BCUT2D eigenvalue weighted by Gasteiger charge is -2.11. The first kappa shape index (κ1) is 20.6. The van der Waals surface area contributed by atoms with Crippen molar-refractivity contribution >= 4 is 0 Å². The van der Waals surface area contributed by atoms with E-state index in [2.05, 4.69) is 6.92 Å². The molecule has 0 unspecified atom stereocenters. The molecule has 3 nitrogen and oxygen atoms in total. The third-order valence-electron chi connectivity index (χ3n) is 3.96. The lowest BCUT2D eigenvalue weighted by atomic mass is 10.0. The molecule has 0 heterocycles. The van der Waals surface area contributed by atoms with Crippen LogP contribution in [0.4, 0.5) is 0 Å². The van der Waals surface area contributed by atoms with E-state index in [-0.39, 0.29) is 6.61 Å². The van der Waals surface area contributed by atoms with Gasteiger partial charge >= 0.3 is 0 Å². The van der Waals surface area contributed by atoms with E-state index in [0.29, 0.717) is 0 Å². The first-order valence-corrected chi connectivity index (χ1v) is 8.93. The Morgan fingerprint density at radius 2 is 1.33 bits per heavy atom. The van der Waals surface area contributed by atoms with E-state index < -0.39 is 12.1 Å². The van der Waals surface area contributed by atoms with E-state index in [9.17, 15) is 5.11 Å². The van der Waals surface area contributed by atoms with Crippen molar-refractivity contribution in [1.29, 1.82) is 0 Å². The molecule has 0 aliphatic carbocycles. The standard InChI is InChI=1S/C18H37NO2/c1-2-3-4-5-6-7-8-9-10-11-12-13-14-15-18(21)17(19)16-20/h14-15,17-18,20-21H,2-13,16,19H2,1H3/b15-14+/t17-,18-/m0/s1. The molecular formula is C18H37NO2. The molecule has 126 valence electrons. The highest BCUT2D eigenvalue weighted by Crippen LogP contribution is 2.12. The summed E-state index contributed by atoms with van der Waals surface area (Å²) in [4.78, 5) is 0. The maximum atomic E-state index is 9.52. The summed E-state index contributed by atoms with van der Waals surface area (Å²) in [7, 11) is 0. The number of unbranched alkanes of at least 4 members (excludes halogenated alkanes) is 11. The van der Waals surface area contributed by atoms with Crippen LogP contribution >= 0.6 is 0 Å². The minimum atomic E-state index is -0.720. The molecule has 21 heavy (non-hydrogen) atoms. The van der Waals surface area contributed by atoms with Gasteiger partial charge in [-0.05, 0) is 12.8 Å². The molecular weight excluding hydrogens is 262 g/mol. The molecule has 0 fully saturated rings. The molecule has 0 saturated heterocycles. The number of allylic oxidation sites excluding steroid dienone is 1. The van der Waals surface area contributed by atoms with Crippen LogP contribution in [-0.2, 0) is 0 Å². The topological polar surface area (TPSA) is 66.5 Å². The molecule has 0 spiro atoms. The third-order valence-corrected chi connectivity index (χ3v) is 3.96. The van der Waals surface area contributed by atoms with Crippen LogP contribution in [0.5, 0.6) is 0 Å². The Kier molecular flexibility index (Phi) is 15.7. The summed E-state index contributed by atoms with van der Waals surface area (Å²) >= 11 is 0. The molecule has 0 aromatic rings. The zero-order valence-corrected chi connectivity index (χ0v) is 14.0. The van der Waals surface area contributed by atoms with Gasteiger partial charge < -0.3 is 15.9 Å². The quantitative estimate of drug-likeness (QED) is 0.317. The smallest absolute Gasteiger partial charge is 0.0894 e. The fourth-order valence-electron chi connectivity index (χ4n) is 2.41. The van der Waals surface area contributed by atoms with Crippen molar-refractivity contribution in [3.8, 4) is 0 Å². The van der Waals surface area contributed by atoms with Crippen LogP contribution in [0.2, 0.25) is 0 Å². The Morgan fingerprint density at radius 1 is 0.857 bits per heavy atom. The van der Waals surface area contributed by atoms with Crippen molar-refractivity contribution in [1.82, 2.24) is 0 Å². The molecule has 0 radical (unpaired) electrons. The second-order valence-corrected chi connectivity index (χ2v) is 6.09. The average Bonchev–Trinajstić information content (AvgIpc) is 2.50. The Bertz CT molecular complexity index is 231. The highest BCUT2D eigenvalue weighted by atomic mass is 16.3. The van der Waals surface area contributed by atoms with Gasteiger partial charge in [0.05, 0.1) is 18.8 Å². The molecule has 0 rings (SSSR count). The van der Waals surface area contributed by atoms with Crippen molar-refractivity contribution < 1.29 is 10.2 Å². The van der Waals surface area contributed by atoms with Gasteiger partial charge in [0, 0.05) is 0 Å². The van der Waals surface area contributed by atoms with Crippen molar-refractivity contribution in [2.45, 2.75) is 96.1 Å². The zero-order valence-electron chi connectivity index (χ0n) is 14.0. The van der Waals surface area contributed by atoms with Crippen LogP contribution in [0, 0.1) is 0 Å². The Morgan fingerprint density at radius 3 is 1.81 bits per heavy atom. The summed E-state index contributed by atoms with van der Waals surface area (Å²) in [5, 5.41) is 18.3. The minimum absolute atomic E-state index is 0.177. The van der Waals surface area contributed by atoms with Crippen LogP contribution in [0.3, 0.4) is 0 Å². The largest absolute Gasteiger partial charge is 0.395 e. The second-order valence-electron chi connectivity index (χ2n) is 6.09. The molecule has 0 aromatic carbocycles. The SMILES string of the molecule is CCCCCCCCCCCCC/C=C/[C@H](O)[C@@H](N)CO. The summed E-state index contributed by atoms with van der Waals surface area (Å²) in [5.41, 5.74) is 5.51. The van der Waals surface area contributed by atoms with Crippen LogP contribution in [0.1, 0.15) is 84.0 Å². The summed E-state index contributed by atoms with van der Waals surface area (Å²) in [6.07, 6.45) is 18.8. The molecule has 0 aromatic heterocycles. The van der Waals surface area contributed by atoms with Crippen molar-refractivity contribution in [3.05, 3.63) is 12.2 Å². The molecule has 3 heteroatoms. The second kappa shape index (κ2) is 16.0. The van der Waals surface area contributed by atoms with E-state index >= 15 is 0 Å². The van der Waals surface area contributed by atoms with Gasteiger partial charge in [-0.3, -0.25) is 0 Å². The molecule has 0 aliphatic heterocycles. The Labute approximate surface area is 131 Å². The number of hydrogen-bond acceptors (Lipinski definition) is 3. The number of rotatable bonds is 15. The van der Waals surface area contributed by atoms with Crippen LogP contribution in [0.25, 0.3) is 0 Å². The Balaban J connectivity index is 3.20. The fraction of sp³-hybridized carbons (Fsp3) is 0.889.